The van der Waals surface area contributed by atoms with Gasteiger partial charge in [-0.3, -0.25) is 4.79 Å². The fraction of sp³-hybridized carbons (Fsp3) is 0.458. The SMILES string of the molecule is O=C1CCCC1(CC1CCCCC1)c1ccc(-c2ccccc2)cc1. The van der Waals surface area contributed by atoms with E-state index in [0.717, 1.165) is 31.6 Å². The minimum Gasteiger partial charge on any atom is -0.299 e. The van der Waals surface area contributed by atoms with Gasteiger partial charge in [0.25, 0.3) is 0 Å². The average Bonchev–Trinajstić information content (AvgIpc) is 3.05. The van der Waals surface area contributed by atoms with Crippen molar-refractivity contribution in [3.63, 3.8) is 0 Å². The third kappa shape index (κ3) is 3.29. The van der Waals surface area contributed by atoms with Crippen molar-refractivity contribution < 1.29 is 4.79 Å². The van der Waals surface area contributed by atoms with Crippen molar-refractivity contribution in [2.24, 2.45) is 5.92 Å². The summed E-state index contributed by atoms with van der Waals surface area (Å²) in [6.45, 7) is 0. The van der Waals surface area contributed by atoms with Crippen LogP contribution in [-0.2, 0) is 10.2 Å². The molecule has 0 spiro atoms. The molecule has 1 atom stereocenters. The lowest BCUT2D eigenvalue weighted by Gasteiger charge is -2.34. The largest absolute Gasteiger partial charge is 0.299 e. The molecule has 0 amide bonds. The molecule has 4 rings (SSSR count). The molecule has 0 heterocycles. The van der Waals surface area contributed by atoms with Gasteiger partial charge < -0.3 is 0 Å². The summed E-state index contributed by atoms with van der Waals surface area (Å²) in [5.74, 6) is 1.23. The first-order valence-corrected chi connectivity index (χ1v) is 9.97. The molecule has 2 aliphatic rings. The standard InChI is InChI=1S/C24H28O/c25-23-12-7-17-24(23,18-19-8-3-1-4-9-19)22-15-13-21(14-16-22)20-10-5-2-6-11-20/h2,5-6,10-11,13-16,19H,1,3-4,7-9,12,17-18H2. The summed E-state index contributed by atoms with van der Waals surface area (Å²) in [7, 11) is 0. The first-order valence-electron chi connectivity index (χ1n) is 9.97. The molecule has 2 aromatic carbocycles. The first kappa shape index (κ1) is 16.6. The van der Waals surface area contributed by atoms with Crippen LogP contribution in [0.3, 0.4) is 0 Å². The maximum atomic E-state index is 12.9. The van der Waals surface area contributed by atoms with Gasteiger partial charge in [0.15, 0.2) is 0 Å². The van der Waals surface area contributed by atoms with E-state index in [2.05, 4.69) is 48.5 Å². The van der Waals surface area contributed by atoms with E-state index in [-0.39, 0.29) is 5.41 Å². The Morgan fingerprint density at radius 1 is 0.800 bits per heavy atom. The quantitative estimate of drug-likeness (QED) is 0.640. The van der Waals surface area contributed by atoms with Crippen LogP contribution < -0.4 is 0 Å². The number of hydrogen-bond acceptors (Lipinski definition) is 1. The van der Waals surface area contributed by atoms with E-state index in [4.69, 9.17) is 0 Å². The van der Waals surface area contributed by atoms with Gasteiger partial charge in [0.2, 0.25) is 0 Å². The van der Waals surface area contributed by atoms with Crippen LogP contribution in [0.2, 0.25) is 0 Å². The smallest absolute Gasteiger partial charge is 0.143 e. The lowest BCUT2D eigenvalue weighted by Crippen LogP contribution is -2.34. The van der Waals surface area contributed by atoms with Crippen LogP contribution in [0.5, 0.6) is 0 Å². The van der Waals surface area contributed by atoms with Crippen LogP contribution in [0.15, 0.2) is 54.6 Å². The van der Waals surface area contributed by atoms with Gasteiger partial charge in [-0.25, -0.2) is 0 Å². The van der Waals surface area contributed by atoms with Gasteiger partial charge in [0, 0.05) is 6.42 Å². The summed E-state index contributed by atoms with van der Waals surface area (Å²) >= 11 is 0. The molecule has 2 aliphatic carbocycles. The summed E-state index contributed by atoms with van der Waals surface area (Å²) in [4.78, 5) is 12.9. The van der Waals surface area contributed by atoms with E-state index in [1.165, 1.54) is 48.8 Å². The van der Waals surface area contributed by atoms with E-state index < -0.39 is 0 Å². The minimum atomic E-state index is -0.197. The van der Waals surface area contributed by atoms with Gasteiger partial charge >= 0.3 is 0 Å². The average molecular weight is 332 g/mol. The first-order chi connectivity index (χ1) is 12.3. The molecule has 0 aliphatic heterocycles. The number of Topliss-reactive ketones (excluding diaryl/α,β-unsaturated/α-hetero) is 1. The molecule has 1 nitrogen and oxygen atoms in total. The summed E-state index contributed by atoms with van der Waals surface area (Å²) in [5.41, 5.74) is 3.55. The Kier molecular flexibility index (Phi) is 4.74. The highest BCUT2D eigenvalue weighted by Crippen LogP contribution is 2.46. The van der Waals surface area contributed by atoms with Crippen molar-refractivity contribution in [2.45, 2.75) is 63.2 Å². The summed E-state index contributed by atoms with van der Waals surface area (Å²) < 4.78 is 0. The van der Waals surface area contributed by atoms with E-state index in [1.54, 1.807) is 0 Å². The highest BCUT2D eigenvalue weighted by Gasteiger charge is 2.44. The van der Waals surface area contributed by atoms with Crippen molar-refractivity contribution in [3.05, 3.63) is 60.2 Å². The van der Waals surface area contributed by atoms with Crippen molar-refractivity contribution in [1.29, 1.82) is 0 Å². The number of benzene rings is 2. The molecule has 1 unspecified atom stereocenters. The number of carbonyl (C=O) groups is 1. The van der Waals surface area contributed by atoms with Gasteiger partial charge in [-0.2, -0.15) is 0 Å². The molecule has 2 fully saturated rings. The second-order valence-corrected chi connectivity index (χ2v) is 8.01. The summed E-state index contributed by atoms with van der Waals surface area (Å²) in [6, 6.07) is 19.4. The van der Waals surface area contributed by atoms with Gasteiger partial charge in [0.05, 0.1) is 5.41 Å². The van der Waals surface area contributed by atoms with Gasteiger partial charge in [0.1, 0.15) is 5.78 Å². The molecular weight excluding hydrogens is 304 g/mol. The van der Waals surface area contributed by atoms with Gasteiger partial charge in [-0.05, 0) is 41.9 Å². The van der Waals surface area contributed by atoms with Crippen molar-refractivity contribution >= 4 is 5.78 Å². The lowest BCUT2D eigenvalue weighted by atomic mass is 9.69. The van der Waals surface area contributed by atoms with Crippen LogP contribution in [0.4, 0.5) is 0 Å². The molecule has 0 bridgehead atoms. The maximum absolute atomic E-state index is 12.9. The zero-order valence-corrected chi connectivity index (χ0v) is 15.0. The predicted octanol–water partition coefficient (Wildman–Crippen LogP) is 6.31. The number of ketones is 1. The van der Waals surface area contributed by atoms with Crippen LogP contribution in [0.25, 0.3) is 11.1 Å². The maximum Gasteiger partial charge on any atom is 0.143 e. The van der Waals surface area contributed by atoms with Crippen LogP contribution >= 0.6 is 0 Å². The number of rotatable bonds is 4. The Hall–Kier alpha value is -1.89. The fourth-order valence-electron chi connectivity index (χ4n) is 5.06. The van der Waals surface area contributed by atoms with Crippen LogP contribution in [0.1, 0.15) is 63.4 Å². The monoisotopic (exact) mass is 332 g/mol. The van der Waals surface area contributed by atoms with Crippen molar-refractivity contribution in [3.8, 4) is 11.1 Å². The number of hydrogen-bond donors (Lipinski definition) is 0. The molecule has 2 aromatic rings. The van der Waals surface area contributed by atoms with Crippen LogP contribution in [0, 0.1) is 5.92 Å². The summed E-state index contributed by atoms with van der Waals surface area (Å²) in [6.07, 6.45) is 10.7. The Morgan fingerprint density at radius 3 is 2.12 bits per heavy atom. The van der Waals surface area contributed by atoms with E-state index in [1.807, 2.05) is 6.07 Å². The van der Waals surface area contributed by atoms with Crippen LogP contribution in [-0.4, -0.2) is 5.78 Å². The molecule has 0 radical (unpaired) electrons. The molecular formula is C24H28O. The lowest BCUT2D eigenvalue weighted by molar-refractivity contribution is -0.122. The summed E-state index contributed by atoms with van der Waals surface area (Å²) in [5, 5.41) is 0. The Morgan fingerprint density at radius 2 is 1.48 bits per heavy atom. The highest BCUT2D eigenvalue weighted by atomic mass is 16.1. The fourth-order valence-corrected chi connectivity index (χ4v) is 5.06. The van der Waals surface area contributed by atoms with Crippen molar-refractivity contribution in [1.82, 2.24) is 0 Å². The van der Waals surface area contributed by atoms with E-state index >= 15 is 0 Å². The third-order valence-corrected chi connectivity index (χ3v) is 6.45. The molecule has 0 aromatic heterocycles. The molecule has 0 N–H and O–H groups in total. The zero-order chi connectivity index (χ0) is 17.1. The molecule has 1 heteroatoms. The highest BCUT2D eigenvalue weighted by molar-refractivity contribution is 5.92. The van der Waals surface area contributed by atoms with Gasteiger partial charge in [-0.1, -0.05) is 86.7 Å². The van der Waals surface area contributed by atoms with E-state index in [0.29, 0.717) is 5.78 Å². The zero-order valence-electron chi connectivity index (χ0n) is 15.0. The molecule has 2 saturated carbocycles. The predicted molar refractivity (Wildman–Crippen MR) is 104 cm³/mol. The second kappa shape index (κ2) is 7.15. The topological polar surface area (TPSA) is 17.1 Å². The van der Waals surface area contributed by atoms with Crippen molar-refractivity contribution in [2.75, 3.05) is 0 Å². The second-order valence-electron chi connectivity index (χ2n) is 8.01. The molecule has 25 heavy (non-hydrogen) atoms. The Labute approximate surface area is 151 Å². The Bertz CT molecular complexity index is 710. The third-order valence-electron chi connectivity index (χ3n) is 6.45. The minimum absolute atomic E-state index is 0.197. The normalized spacial score (nSPS) is 24.6. The van der Waals surface area contributed by atoms with E-state index in [9.17, 15) is 4.79 Å². The molecule has 130 valence electrons. The Balaban J connectivity index is 1.62. The number of carbonyl (C=O) groups excluding carboxylic acids is 1. The molecule has 0 saturated heterocycles. The van der Waals surface area contributed by atoms with Gasteiger partial charge in [-0.15, -0.1) is 0 Å².